The Morgan fingerprint density at radius 2 is 2.55 bits per heavy atom. The third-order valence-corrected chi connectivity index (χ3v) is 1.65. The minimum atomic E-state index is 0.952. The van der Waals surface area contributed by atoms with Crippen LogP contribution in [0, 0.1) is 0 Å². The summed E-state index contributed by atoms with van der Waals surface area (Å²) in [6, 6.07) is 0. The number of hydrogen-bond acceptors (Lipinski definition) is 1. The van der Waals surface area contributed by atoms with Crippen molar-refractivity contribution in [1.82, 2.24) is 9.78 Å². The summed E-state index contributed by atoms with van der Waals surface area (Å²) in [5.74, 6) is 0. The first kappa shape index (κ1) is 8.05. The van der Waals surface area contributed by atoms with Crippen LogP contribution in [0.25, 0.3) is 0 Å². The Morgan fingerprint density at radius 3 is 3.09 bits per heavy atom. The van der Waals surface area contributed by atoms with E-state index >= 15 is 0 Å². The third-order valence-electron chi connectivity index (χ3n) is 1.65. The van der Waals surface area contributed by atoms with E-state index < -0.39 is 0 Å². The van der Waals surface area contributed by atoms with Crippen LogP contribution in [0.5, 0.6) is 0 Å². The van der Waals surface area contributed by atoms with Gasteiger partial charge in [-0.1, -0.05) is 6.08 Å². The van der Waals surface area contributed by atoms with Crippen molar-refractivity contribution in [2.75, 3.05) is 0 Å². The van der Waals surface area contributed by atoms with Crippen molar-refractivity contribution in [1.29, 1.82) is 0 Å². The lowest BCUT2D eigenvalue weighted by Gasteiger charge is -1.91. The summed E-state index contributed by atoms with van der Waals surface area (Å²) in [6.07, 6.45) is 8.04. The smallest absolute Gasteiger partial charge is 0.0521 e. The Balaban J connectivity index is 2.50. The van der Waals surface area contributed by atoms with Crippen LogP contribution < -0.4 is 0 Å². The molecule has 0 unspecified atom stereocenters. The fourth-order valence-corrected chi connectivity index (χ4v) is 0.977. The van der Waals surface area contributed by atoms with E-state index in [0.29, 0.717) is 0 Å². The van der Waals surface area contributed by atoms with Gasteiger partial charge in [-0.15, -0.1) is 6.58 Å². The zero-order valence-electron chi connectivity index (χ0n) is 6.95. The molecule has 0 aliphatic heterocycles. The monoisotopic (exact) mass is 150 g/mol. The summed E-state index contributed by atoms with van der Waals surface area (Å²) >= 11 is 0. The van der Waals surface area contributed by atoms with Gasteiger partial charge in [0.1, 0.15) is 0 Å². The van der Waals surface area contributed by atoms with Crippen molar-refractivity contribution in [3.63, 3.8) is 0 Å². The molecule has 0 bridgehead atoms. The number of nitrogens with zero attached hydrogens (tertiary/aromatic N) is 2. The Morgan fingerprint density at radius 1 is 1.73 bits per heavy atom. The molecule has 0 aromatic carbocycles. The van der Waals surface area contributed by atoms with Gasteiger partial charge in [0.15, 0.2) is 0 Å². The standard InChI is InChI=1S/C9H14N2/c1-3-5-6-9-7-10-11(4-2)8-9/h3,7-8H,1,4-6H2,2H3. The highest BCUT2D eigenvalue weighted by atomic mass is 15.3. The minimum Gasteiger partial charge on any atom is -0.273 e. The second kappa shape index (κ2) is 3.96. The van der Waals surface area contributed by atoms with Gasteiger partial charge in [0.2, 0.25) is 0 Å². The zero-order valence-corrected chi connectivity index (χ0v) is 6.95. The van der Waals surface area contributed by atoms with E-state index in [1.807, 2.05) is 17.0 Å². The van der Waals surface area contributed by atoms with Crippen LogP contribution in [0.2, 0.25) is 0 Å². The van der Waals surface area contributed by atoms with Crippen LogP contribution in [-0.2, 0) is 13.0 Å². The van der Waals surface area contributed by atoms with Gasteiger partial charge in [-0.2, -0.15) is 5.10 Å². The molecular weight excluding hydrogens is 136 g/mol. The number of hydrogen-bond donors (Lipinski definition) is 0. The fraction of sp³-hybridized carbons (Fsp3) is 0.444. The molecule has 0 aliphatic carbocycles. The molecule has 0 amide bonds. The Labute approximate surface area is 67.5 Å². The molecule has 2 heteroatoms. The maximum Gasteiger partial charge on any atom is 0.0521 e. The summed E-state index contributed by atoms with van der Waals surface area (Å²) in [6.45, 7) is 6.72. The molecule has 0 spiro atoms. The summed E-state index contributed by atoms with van der Waals surface area (Å²) in [5, 5.41) is 4.17. The van der Waals surface area contributed by atoms with E-state index in [4.69, 9.17) is 0 Å². The topological polar surface area (TPSA) is 17.8 Å². The maximum absolute atomic E-state index is 4.17. The molecule has 11 heavy (non-hydrogen) atoms. The van der Waals surface area contributed by atoms with Crippen molar-refractivity contribution in [2.45, 2.75) is 26.3 Å². The predicted octanol–water partition coefficient (Wildman–Crippen LogP) is 2.02. The Kier molecular flexibility index (Phi) is 2.90. The van der Waals surface area contributed by atoms with E-state index in [1.165, 1.54) is 5.56 Å². The molecule has 1 rings (SSSR count). The minimum absolute atomic E-state index is 0.952. The second-order valence-corrected chi connectivity index (χ2v) is 2.53. The van der Waals surface area contributed by atoms with Gasteiger partial charge in [-0.25, -0.2) is 0 Å². The van der Waals surface area contributed by atoms with Crippen molar-refractivity contribution in [3.8, 4) is 0 Å². The van der Waals surface area contributed by atoms with Gasteiger partial charge in [-0.3, -0.25) is 4.68 Å². The Bertz CT molecular complexity index is 225. The molecule has 60 valence electrons. The molecule has 0 fully saturated rings. The number of aryl methyl sites for hydroxylation is 2. The molecule has 1 heterocycles. The SMILES string of the molecule is C=CCCc1cnn(CC)c1. The number of allylic oxidation sites excluding steroid dienone is 1. The third kappa shape index (κ3) is 2.22. The van der Waals surface area contributed by atoms with Gasteiger partial charge in [-0.05, 0) is 25.3 Å². The second-order valence-electron chi connectivity index (χ2n) is 2.53. The molecule has 0 saturated heterocycles. The highest BCUT2D eigenvalue weighted by Gasteiger charge is 1.94. The average molecular weight is 150 g/mol. The van der Waals surface area contributed by atoms with Gasteiger partial charge in [0.25, 0.3) is 0 Å². The number of aromatic nitrogens is 2. The zero-order chi connectivity index (χ0) is 8.10. The van der Waals surface area contributed by atoms with Crippen LogP contribution >= 0.6 is 0 Å². The van der Waals surface area contributed by atoms with E-state index in [9.17, 15) is 0 Å². The molecule has 1 aromatic heterocycles. The van der Waals surface area contributed by atoms with Crippen LogP contribution in [0.1, 0.15) is 18.9 Å². The molecule has 0 saturated carbocycles. The molecule has 0 aliphatic rings. The maximum atomic E-state index is 4.17. The first-order valence-corrected chi connectivity index (χ1v) is 3.99. The van der Waals surface area contributed by atoms with Crippen LogP contribution in [0.4, 0.5) is 0 Å². The van der Waals surface area contributed by atoms with E-state index in [0.717, 1.165) is 19.4 Å². The van der Waals surface area contributed by atoms with Crippen LogP contribution in [0.3, 0.4) is 0 Å². The van der Waals surface area contributed by atoms with Crippen molar-refractivity contribution < 1.29 is 0 Å². The first-order valence-electron chi connectivity index (χ1n) is 3.99. The Hall–Kier alpha value is -1.05. The number of rotatable bonds is 4. The summed E-state index contributed by atoms with van der Waals surface area (Å²) in [4.78, 5) is 0. The molecule has 0 radical (unpaired) electrons. The van der Waals surface area contributed by atoms with E-state index in [1.54, 1.807) is 0 Å². The molecule has 2 nitrogen and oxygen atoms in total. The molecule has 0 N–H and O–H groups in total. The van der Waals surface area contributed by atoms with Gasteiger partial charge < -0.3 is 0 Å². The van der Waals surface area contributed by atoms with Crippen molar-refractivity contribution in [3.05, 3.63) is 30.6 Å². The van der Waals surface area contributed by atoms with Gasteiger partial charge in [0, 0.05) is 12.7 Å². The summed E-state index contributed by atoms with van der Waals surface area (Å²) in [7, 11) is 0. The normalized spacial score (nSPS) is 9.91. The van der Waals surface area contributed by atoms with Crippen molar-refractivity contribution in [2.24, 2.45) is 0 Å². The summed E-state index contributed by atoms with van der Waals surface area (Å²) < 4.78 is 1.94. The molecule has 1 aromatic rings. The predicted molar refractivity (Wildman–Crippen MR) is 46.4 cm³/mol. The molecule has 0 atom stereocenters. The highest BCUT2D eigenvalue weighted by Crippen LogP contribution is 2.01. The van der Waals surface area contributed by atoms with E-state index in [2.05, 4.69) is 24.8 Å². The lowest BCUT2D eigenvalue weighted by Crippen LogP contribution is -1.92. The first-order chi connectivity index (χ1) is 5.36. The van der Waals surface area contributed by atoms with E-state index in [-0.39, 0.29) is 0 Å². The largest absolute Gasteiger partial charge is 0.273 e. The quantitative estimate of drug-likeness (QED) is 0.600. The highest BCUT2D eigenvalue weighted by molar-refractivity contribution is 5.04. The van der Waals surface area contributed by atoms with Crippen LogP contribution in [0.15, 0.2) is 25.0 Å². The molecular formula is C9H14N2. The lowest BCUT2D eigenvalue weighted by molar-refractivity contribution is 0.659. The summed E-state index contributed by atoms with van der Waals surface area (Å²) in [5.41, 5.74) is 1.30. The van der Waals surface area contributed by atoms with Crippen molar-refractivity contribution >= 4 is 0 Å². The van der Waals surface area contributed by atoms with Crippen LogP contribution in [-0.4, -0.2) is 9.78 Å². The lowest BCUT2D eigenvalue weighted by atomic mass is 10.2. The fourth-order valence-electron chi connectivity index (χ4n) is 0.977. The van der Waals surface area contributed by atoms with Gasteiger partial charge in [0.05, 0.1) is 6.20 Å². The van der Waals surface area contributed by atoms with Gasteiger partial charge >= 0.3 is 0 Å². The average Bonchev–Trinajstić information content (AvgIpc) is 2.48.